The molecule has 3 nitrogen and oxygen atoms in total. The lowest BCUT2D eigenvalue weighted by molar-refractivity contribution is 0.395. The van der Waals surface area contributed by atoms with Crippen molar-refractivity contribution >= 4 is 11.4 Å². The van der Waals surface area contributed by atoms with Crippen LogP contribution in [0.1, 0.15) is 5.56 Å². The van der Waals surface area contributed by atoms with E-state index in [0.717, 1.165) is 23.5 Å². The fourth-order valence-corrected chi connectivity index (χ4v) is 1.80. The van der Waals surface area contributed by atoms with Crippen LogP contribution in [0.2, 0.25) is 0 Å². The van der Waals surface area contributed by atoms with Crippen molar-refractivity contribution in [1.29, 1.82) is 0 Å². The van der Waals surface area contributed by atoms with Crippen LogP contribution in [-0.4, -0.2) is 19.2 Å². The molecule has 0 atom stereocenters. The van der Waals surface area contributed by atoms with Crippen LogP contribution in [-0.2, 0) is 6.54 Å². The van der Waals surface area contributed by atoms with Crippen LogP contribution in [0.25, 0.3) is 0 Å². The Balaban J connectivity index is 2.05. The molecule has 0 aromatic heterocycles. The molecule has 0 bridgehead atoms. The zero-order valence-electron chi connectivity index (χ0n) is 11.3. The first-order chi connectivity index (χ1) is 9.47. The zero-order valence-corrected chi connectivity index (χ0v) is 11.3. The molecule has 106 valence electrons. The topological polar surface area (TPSA) is 35.5 Å². The summed E-state index contributed by atoms with van der Waals surface area (Å²) in [6.07, 6.45) is 0. The van der Waals surface area contributed by atoms with Gasteiger partial charge in [0.15, 0.2) is 17.4 Å². The lowest BCUT2D eigenvalue weighted by Gasteiger charge is -2.13. The third-order valence-corrected chi connectivity index (χ3v) is 2.96. The van der Waals surface area contributed by atoms with Crippen molar-refractivity contribution in [3.8, 4) is 5.75 Å². The van der Waals surface area contributed by atoms with Crippen molar-refractivity contribution in [2.75, 3.05) is 24.3 Å². The van der Waals surface area contributed by atoms with Crippen molar-refractivity contribution in [2.45, 2.75) is 6.54 Å². The average Bonchev–Trinajstić information content (AvgIpc) is 2.42. The monoisotopic (exact) mass is 278 g/mol. The molecule has 5 heteroatoms. The molecule has 0 fully saturated rings. The van der Waals surface area contributed by atoms with E-state index in [0.29, 0.717) is 5.56 Å². The summed E-state index contributed by atoms with van der Waals surface area (Å²) in [5.74, 6) is -2.85. The molecule has 0 amide bonds. The number of anilines is 2. The van der Waals surface area contributed by atoms with Gasteiger partial charge in [0.2, 0.25) is 0 Å². The minimum Gasteiger partial charge on any atom is -0.503 e. The van der Waals surface area contributed by atoms with Crippen molar-refractivity contribution < 1.29 is 13.9 Å². The number of phenolic OH excluding ortho intramolecular Hbond substituents is 1. The highest BCUT2D eigenvalue weighted by molar-refractivity contribution is 5.54. The molecule has 0 aliphatic heterocycles. The Morgan fingerprint density at radius 3 is 2.10 bits per heavy atom. The van der Waals surface area contributed by atoms with Gasteiger partial charge in [-0.1, -0.05) is 0 Å². The summed E-state index contributed by atoms with van der Waals surface area (Å²) in [5, 5.41) is 12.1. The maximum absolute atomic E-state index is 13.2. The van der Waals surface area contributed by atoms with Crippen LogP contribution < -0.4 is 10.2 Å². The Morgan fingerprint density at radius 1 is 1.05 bits per heavy atom. The minimum atomic E-state index is -0.954. The smallest absolute Gasteiger partial charge is 0.187 e. The summed E-state index contributed by atoms with van der Waals surface area (Å²) in [5.41, 5.74) is 2.34. The van der Waals surface area contributed by atoms with Gasteiger partial charge in [-0.25, -0.2) is 8.78 Å². The van der Waals surface area contributed by atoms with Crippen LogP contribution in [0.4, 0.5) is 20.2 Å². The summed E-state index contributed by atoms with van der Waals surface area (Å²) in [6.45, 7) is 0.273. The van der Waals surface area contributed by atoms with Crippen LogP contribution in [0.3, 0.4) is 0 Å². The van der Waals surface area contributed by atoms with Crippen molar-refractivity contribution in [2.24, 2.45) is 0 Å². The number of hydrogen-bond donors (Lipinski definition) is 2. The highest BCUT2D eigenvalue weighted by Gasteiger charge is 2.09. The zero-order chi connectivity index (χ0) is 14.7. The first-order valence-corrected chi connectivity index (χ1v) is 6.15. The molecule has 0 saturated carbocycles. The lowest BCUT2D eigenvalue weighted by Crippen LogP contribution is -2.08. The molecule has 2 aromatic carbocycles. The number of nitrogens with zero attached hydrogens (tertiary/aromatic N) is 1. The van der Waals surface area contributed by atoms with E-state index in [-0.39, 0.29) is 6.54 Å². The van der Waals surface area contributed by atoms with Gasteiger partial charge >= 0.3 is 0 Å². The molecule has 0 radical (unpaired) electrons. The number of hydrogen-bond acceptors (Lipinski definition) is 3. The molecule has 0 aliphatic carbocycles. The van der Waals surface area contributed by atoms with Gasteiger partial charge in [0, 0.05) is 32.0 Å². The van der Waals surface area contributed by atoms with Crippen LogP contribution in [0, 0.1) is 11.6 Å². The summed E-state index contributed by atoms with van der Waals surface area (Å²) in [4.78, 5) is 1.98. The Labute approximate surface area is 116 Å². The Hall–Kier alpha value is -2.30. The molecular formula is C15H16F2N2O. The summed E-state index contributed by atoms with van der Waals surface area (Å²) in [6, 6.07) is 9.89. The fraction of sp³-hybridized carbons (Fsp3) is 0.200. The number of aromatic hydroxyl groups is 1. The molecule has 20 heavy (non-hydrogen) atoms. The van der Waals surface area contributed by atoms with E-state index < -0.39 is 17.4 Å². The van der Waals surface area contributed by atoms with Gasteiger partial charge in [-0.3, -0.25) is 0 Å². The number of rotatable bonds is 4. The summed E-state index contributed by atoms with van der Waals surface area (Å²) >= 11 is 0. The van der Waals surface area contributed by atoms with Crippen LogP contribution in [0.5, 0.6) is 5.75 Å². The third kappa shape index (κ3) is 3.17. The maximum Gasteiger partial charge on any atom is 0.187 e. The molecular weight excluding hydrogens is 262 g/mol. The average molecular weight is 278 g/mol. The van der Waals surface area contributed by atoms with Gasteiger partial charge < -0.3 is 15.3 Å². The van der Waals surface area contributed by atoms with Gasteiger partial charge in [0.05, 0.1) is 0 Å². The molecule has 0 aliphatic rings. The van der Waals surface area contributed by atoms with Crippen LogP contribution >= 0.6 is 0 Å². The summed E-state index contributed by atoms with van der Waals surface area (Å²) in [7, 11) is 3.90. The second-order valence-electron chi connectivity index (χ2n) is 4.70. The number of benzene rings is 2. The molecule has 2 rings (SSSR count). The van der Waals surface area contributed by atoms with E-state index in [4.69, 9.17) is 5.11 Å². The second kappa shape index (κ2) is 5.77. The molecule has 0 spiro atoms. The van der Waals surface area contributed by atoms with E-state index in [1.807, 2.05) is 43.3 Å². The van der Waals surface area contributed by atoms with Gasteiger partial charge in [0.25, 0.3) is 0 Å². The lowest BCUT2D eigenvalue weighted by atomic mass is 10.2. The van der Waals surface area contributed by atoms with Crippen molar-refractivity contribution in [1.82, 2.24) is 0 Å². The minimum absolute atomic E-state index is 0.273. The number of phenols is 1. The maximum atomic E-state index is 13.2. The fourth-order valence-electron chi connectivity index (χ4n) is 1.80. The van der Waals surface area contributed by atoms with Gasteiger partial charge in [-0.05, 0) is 42.0 Å². The number of nitrogens with one attached hydrogen (secondary N) is 1. The van der Waals surface area contributed by atoms with E-state index >= 15 is 0 Å². The number of halogens is 2. The second-order valence-corrected chi connectivity index (χ2v) is 4.70. The third-order valence-electron chi connectivity index (χ3n) is 2.96. The normalized spacial score (nSPS) is 10.4. The first-order valence-electron chi connectivity index (χ1n) is 6.15. The van der Waals surface area contributed by atoms with Gasteiger partial charge in [0.1, 0.15) is 0 Å². The van der Waals surface area contributed by atoms with E-state index in [1.165, 1.54) is 0 Å². The Morgan fingerprint density at radius 2 is 1.60 bits per heavy atom. The van der Waals surface area contributed by atoms with E-state index in [9.17, 15) is 8.78 Å². The van der Waals surface area contributed by atoms with Crippen LogP contribution in [0.15, 0.2) is 36.4 Å². The van der Waals surface area contributed by atoms with Gasteiger partial charge in [-0.2, -0.15) is 0 Å². The largest absolute Gasteiger partial charge is 0.503 e. The molecule has 2 aromatic rings. The summed E-state index contributed by atoms with van der Waals surface area (Å²) < 4.78 is 26.4. The highest BCUT2D eigenvalue weighted by atomic mass is 19.1. The Kier molecular flexibility index (Phi) is 4.08. The predicted octanol–water partition coefficient (Wildman–Crippen LogP) is 3.35. The van der Waals surface area contributed by atoms with E-state index in [1.54, 1.807) is 0 Å². The van der Waals surface area contributed by atoms with Crippen molar-refractivity contribution in [3.05, 3.63) is 53.6 Å². The quantitative estimate of drug-likeness (QED) is 0.900. The Bertz CT molecular complexity index is 574. The highest BCUT2D eigenvalue weighted by Crippen LogP contribution is 2.22. The molecule has 2 N–H and O–H groups in total. The van der Waals surface area contributed by atoms with E-state index in [2.05, 4.69) is 5.32 Å². The van der Waals surface area contributed by atoms with Gasteiger partial charge in [-0.15, -0.1) is 0 Å². The molecule has 0 saturated heterocycles. The molecule has 0 unspecified atom stereocenters. The van der Waals surface area contributed by atoms with Crippen molar-refractivity contribution in [3.63, 3.8) is 0 Å². The standard InChI is InChI=1S/C15H16F2N2O/c1-19(2)12-5-3-11(4-6-12)18-9-10-7-13(16)15(20)14(17)8-10/h3-8,18,20H,9H2,1-2H3. The first kappa shape index (κ1) is 14.1. The SMILES string of the molecule is CN(C)c1ccc(NCc2cc(F)c(O)c(F)c2)cc1. The predicted molar refractivity (Wildman–Crippen MR) is 76.1 cm³/mol. The molecule has 0 heterocycles.